The lowest BCUT2D eigenvalue weighted by molar-refractivity contribution is 0.0472. The molecule has 0 spiro atoms. The van der Waals surface area contributed by atoms with Crippen LogP contribution in [0.4, 0.5) is 0 Å². The molecule has 0 fully saturated rings. The molecule has 0 atom stereocenters. The Labute approximate surface area is 160 Å². The molecular formula is C20H14Cl2O4. The third kappa shape index (κ3) is 3.82. The van der Waals surface area contributed by atoms with Crippen molar-refractivity contribution >= 4 is 45.7 Å². The summed E-state index contributed by atoms with van der Waals surface area (Å²) in [6, 6.07) is 15.5. The Morgan fingerprint density at radius 2 is 1.62 bits per heavy atom. The number of carbonyl (C=O) groups excluding carboxylic acids is 2. The van der Waals surface area contributed by atoms with Gasteiger partial charge in [-0.1, -0.05) is 47.5 Å². The molecule has 0 aliphatic rings. The van der Waals surface area contributed by atoms with Gasteiger partial charge in [0.15, 0.2) is 12.4 Å². The molecule has 0 aliphatic heterocycles. The van der Waals surface area contributed by atoms with Crippen molar-refractivity contribution in [2.75, 3.05) is 13.7 Å². The molecule has 132 valence electrons. The normalized spacial score (nSPS) is 10.6. The van der Waals surface area contributed by atoms with Crippen molar-refractivity contribution < 1.29 is 19.1 Å². The molecule has 0 N–H and O–H groups in total. The zero-order chi connectivity index (χ0) is 18.7. The number of halogens is 2. The molecule has 3 aromatic carbocycles. The van der Waals surface area contributed by atoms with Crippen molar-refractivity contribution in [2.24, 2.45) is 0 Å². The zero-order valence-corrected chi connectivity index (χ0v) is 15.3. The maximum absolute atomic E-state index is 12.4. The van der Waals surface area contributed by atoms with Crippen LogP contribution in [-0.4, -0.2) is 25.5 Å². The van der Waals surface area contributed by atoms with E-state index in [-0.39, 0.29) is 16.4 Å². The topological polar surface area (TPSA) is 52.6 Å². The van der Waals surface area contributed by atoms with Gasteiger partial charge >= 0.3 is 5.97 Å². The highest BCUT2D eigenvalue weighted by Crippen LogP contribution is 2.27. The van der Waals surface area contributed by atoms with Gasteiger partial charge in [0.1, 0.15) is 11.3 Å². The first-order valence-corrected chi connectivity index (χ1v) is 8.47. The number of ether oxygens (including phenoxy) is 2. The van der Waals surface area contributed by atoms with E-state index in [9.17, 15) is 9.59 Å². The molecule has 3 rings (SSSR count). The van der Waals surface area contributed by atoms with Gasteiger partial charge in [0.2, 0.25) is 0 Å². The summed E-state index contributed by atoms with van der Waals surface area (Å²) in [4.78, 5) is 24.6. The van der Waals surface area contributed by atoms with Crippen molar-refractivity contribution in [3.8, 4) is 5.75 Å². The summed E-state index contributed by atoms with van der Waals surface area (Å²) < 4.78 is 10.4. The van der Waals surface area contributed by atoms with E-state index < -0.39 is 12.6 Å². The number of ketones is 1. The van der Waals surface area contributed by atoms with E-state index in [0.717, 1.165) is 10.8 Å². The van der Waals surface area contributed by atoms with E-state index >= 15 is 0 Å². The van der Waals surface area contributed by atoms with Crippen molar-refractivity contribution in [3.05, 3.63) is 75.8 Å². The minimum atomic E-state index is -0.638. The summed E-state index contributed by atoms with van der Waals surface area (Å²) in [6.45, 7) is -0.410. The quantitative estimate of drug-likeness (QED) is 0.445. The van der Waals surface area contributed by atoms with Crippen LogP contribution in [0.3, 0.4) is 0 Å². The van der Waals surface area contributed by atoms with Crippen molar-refractivity contribution in [1.82, 2.24) is 0 Å². The summed E-state index contributed by atoms with van der Waals surface area (Å²) >= 11 is 11.7. The van der Waals surface area contributed by atoms with Gasteiger partial charge < -0.3 is 9.47 Å². The average molecular weight is 389 g/mol. The Bertz CT molecular complexity index is 998. The average Bonchev–Trinajstić information content (AvgIpc) is 2.66. The molecule has 0 unspecified atom stereocenters. The van der Waals surface area contributed by atoms with E-state index in [2.05, 4.69) is 0 Å². The summed E-state index contributed by atoms with van der Waals surface area (Å²) in [5.74, 6) is -0.631. The Hall–Kier alpha value is -2.56. The lowest BCUT2D eigenvalue weighted by Gasteiger charge is -2.10. The predicted molar refractivity (Wildman–Crippen MR) is 102 cm³/mol. The number of rotatable bonds is 5. The number of hydrogen-bond donors (Lipinski definition) is 0. The van der Waals surface area contributed by atoms with Crippen LogP contribution >= 0.6 is 23.2 Å². The van der Waals surface area contributed by atoms with Crippen LogP contribution in [0.15, 0.2) is 54.6 Å². The molecule has 0 radical (unpaired) electrons. The van der Waals surface area contributed by atoms with Crippen LogP contribution in [0.2, 0.25) is 10.0 Å². The summed E-state index contributed by atoms with van der Waals surface area (Å²) in [5.41, 5.74) is 0.575. The number of benzene rings is 3. The summed E-state index contributed by atoms with van der Waals surface area (Å²) in [5, 5.41) is 2.42. The molecular weight excluding hydrogens is 375 g/mol. The van der Waals surface area contributed by atoms with Crippen molar-refractivity contribution in [2.45, 2.75) is 0 Å². The number of esters is 1. The highest BCUT2D eigenvalue weighted by Gasteiger charge is 2.17. The van der Waals surface area contributed by atoms with Crippen LogP contribution in [0.25, 0.3) is 10.8 Å². The summed E-state index contributed by atoms with van der Waals surface area (Å²) in [7, 11) is 1.47. The standard InChI is InChI=1S/C20H14Cl2O4/c1-25-19-10-13-5-3-2-4-12(13)8-15(19)20(24)26-11-18(23)14-6-7-16(21)17(22)9-14/h2-10H,11H2,1H3. The molecule has 0 bridgehead atoms. The van der Waals surface area contributed by atoms with Crippen molar-refractivity contribution in [1.29, 1.82) is 0 Å². The largest absolute Gasteiger partial charge is 0.496 e. The van der Waals surface area contributed by atoms with E-state index in [1.165, 1.54) is 25.3 Å². The molecule has 6 heteroatoms. The first-order chi connectivity index (χ1) is 12.5. The Kier molecular flexibility index (Phi) is 5.45. The van der Waals surface area contributed by atoms with Gasteiger partial charge in [0.25, 0.3) is 0 Å². The van der Waals surface area contributed by atoms with Gasteiger partial charge in [0.05, 0.1) is 17.2 Å². The van der Waals surface area contributed by atoms with Gasteiger partial charge in [-0.25, -0.2) is 4.79 Å². The SMILES string of the molecule is COc1cc2ccccc2cc1C(=O)OCC(=O)c1ccc(Cl)c(Cl)c1. The number of carbonyl (C=O) groups is 2. The monoisotopic (exact) mass is 388 g/mol. The highest BCUT2D eigenvalue weighted by atomic mass is 35.5. The van der Waals surface area contributed by atoms with E-state index in [4.69, 9.17) is 32.7 Å². The zero-order valence-electron chi connectivity index (χ0n) is 13.8. The molecule has 0 heterocycles. The van der Waals surface area contributed by atoms with Gasteiger partial charge in [-0.2, -0.15) is 0 Å². The van der Waals surface area contributed by atoms with Crippen LogP contribution in [0, 0.1) is 0 Å². The second kappa shape index (κ2) is 7.77. The van der Waals surface area contributed by atoms with Crippen LogP contribution < -0.4 is 4.74 Å². The smallest absolute Gasteiger partial charge is 0.342 e. The summed E-state index contributed by atoms with van der Waals surface area (Å²) in [6.07, 6.45) is 0. The number of methoxy groups -OCH3 is 1. The van der Waals surface area contributed by atoms with Gasteiger partial charge in [-0.05, 0) is 41.1 Å². The van der Waals surface area contributed by atoms with Crippen LogP contribution in [0.1, 0.15) is 20.7 Å². The number of hydrogen-bond acceptors (Lipinski definition) is 4. The molecule has 26 heavy (non-hydrogen) atoms. The van der Waals surface area contributed by atoms with Gasteiger partial charge in [-0.15, -0.1) is 0 Å². The third-order valence-corrected chi connectivity index (χ3v) is 4.60. The van der Waals surface area contributed by atoms with E-state index in [0.29, 0.717) is 16.3 Å². The first-order valence-electron chi connectivity index (χ1n) is 7.72. The molecule has 0 aromatic heterocycles. The van der Waals surface area contributed by atoms with Gasteiger partial charge in [-0.3, -0.25) is 4.79 Å². The number of Topliss-reactive ketones (excluding diaryl/α,β-unsaturated/α-hetero) is 1. The van der Waals surface area contributed by atoms with Crippen LogP contribution in [-0.2, 0) is 4.74 Å². The Morgan fingerprint density at radius 1 is 0.923 bits per heavy atom. The Balaban J connectivity index is 1.78. The first kappa shape index (κ1) is 18.2. The number of fused-ring (bicyclic) bond motifs is 1. The fourth-order valence-electron chi connectivity index (χ4n) is 2.51. The fourth-order valence-corrected chi connectivity index (χ4v) is 2.81. The van der Waals surface area contributed by atoms with Crippen LogP contribution in [0.5, 0.6) is 5.75 Å². The minimum Gasteiger partial charge on any atom is -0.496 e. The third-order valence-electron chi connectivity index (χ3n) is 3.86. The second-order valence-corrected chi connectivity index (χ2v) is 6.34. The van der Waals surface area contributed by atoms with E-state index in [1.807, 2.05) is 24.3 Å². The molecule has 0 amide bonds. The fraction of sp³-hybridized carbons (Fsp3) is 0.100. The maximum atomic E-state index is 12.4. The molecule has 4 nitrogen and oxygen atoms in total. The molecule has 3 aromatic rings. The minimum absolute atomic E-state index is 0.258. The molecule has 0 saturated heterocycles. The second-order valence-electron chi connectivity index (χ2n) is 5.53. The molecule has 0 aliphatic carbocycles. The maximum Gasteiger partial charge on any atom is 0.342 e. The predicted octanol–water partition coefficient (Wildman–Crippen LogP) is 5.19. The molecule has 0 saturated carbocycles. The highest BCUT2D eigenvalue weighted by molar-refractivity contribution is 6.42. The lowest BCUT2D eigenvalue weighted by Crippen LogP contribution is -2.15. The van der Waals surface area contributed by atoms with Gasteiger partial charge in [0, 0.05) is 5.56 Å². The lowest BCUT2D eigenvalue weighted by atomic mass is 10.1. The van der Waals surface area contributed by atoms with Crippen molar-refractivity contribution in [3.63, 3.8) is 0 Å². The Morgan fingerprint density at radius 3 is 2.27 bits per heavy atom. The van der Waals surface area contributed by atoms with E-state index in [1.54, 1.807) is 12.1 Å².